The van der Waals surface area contributed by atoms with Gasteiger partial charge in [-0.3, -0.25) is 0 Å². The second-order valence-corrected chi connectivity index (χ2v) is 7.92. The lowest BCUT2D eigenvalue weighted by molar-refractivity contribution is 0.384. The fourth-order valence-corrected chi connectivity index (χ4v) is 4.76. The van der Waals surface area contributed by atoms with E-state index in [-0.39, 0.29) is 0 Å². The normalized spacial score (nSPS) is 30.6. The van der Waals surface area contributed by atoms with Crippen LogP contribution in [-0.4, -0.2) is 11.8 Å². The van der Waals surface area contributed by atoms with Gasteiger partial charge in [0.25, 0.3) is 0 Å². The molecule has 0 amide bonds. The molecule has 3 atom stereocenters. The number of fused-ring (bicyclic) bond motifs is 1. The average molecular weight is 310 g/mol. The first-order chi connectivity index (χ1) is 9.72. The van der Waals surface area contributed by atoms with Gasteiger partial charge in [-0.1, -0.05) is 31.4 Å². The predicted octanol–water partition coefficient (Wildman–Crippen LogP) is 5.44. The van der Waals surface area contributed by atoms with Crippen LogP contribution in [0.4, 0.5) is 0 Å². The Hall–Kier alpha value is -0.180. The van der Waals surface area contributed by atoms with E-state index in [1.165, 1.54) is 54.7 Å². The van der Waals surface area contributed by atoms with E-state index < -0.39 is 0 Å². The van der Waals surface area contributed by atoms with E-state index in [2.05, 4.69) is 24.4 Å². The maximum absolute atomic E-state index is 6.19. The van der Waals surface area contributed by atoms with E-state index in [1.54, 1.807) is 0 Å². The van der Waals surface area contributed by atoms with Crippen LogP contribution in [0.25, 0.3) is 0 Å². The van der Waals surface area contributed by atoms with E-state index in [0.29, 0.717) is 12.1 Å². The number of halogens is 1. The summed E-state index contributed by atoms with van der Waals surface area (Å²) in [6.45, 7) is 2.40. The summed E-state index contributed by atoms with van der Waals surface area (Å²) in [5, 5.41) is 4.80. The molecule has 0 aromatic heterocycles. The van der Waals surface area contributed by atoms with Gasteiger partial charge in [-0.15, -0.1) is 11.8 Å². The highest BCUT2D eigenvalue weighted by molar-refractivity contribution is 7.99. The highest BCUT2D eigenvalue weighted by Crippen LogP contribution is 2.38. The van der Waals surface area contributed by atoms with Gasteiger partial charge in [-0.25, -0.2) is 0 Å². The first-order valence-electron chi connectivity index (χ1n) is 7.90. The van der Waals surface area contributed by atoms with Crippen LogP contribution >= 0.6 is 23.4 Å². The lowest BCUT2D eigenvalue weighted by Gasteiger charge is -2.30. The third kappa shape index (κ3) is 3.52. The number of hydrogen-bond donors (Lipinski definition) is 1. The quantitative estimate of drug-likeness (QED) is 0.730. The third-order valence-electron chi connectivity index (χ3n) is 4.71. The first-order valence-corrected chi connectivity index (χ1v) is 9.27. The Morgan fingerprint density at radius 2 is 2.05 bits per heavy atom. The fraction of sp³-hybridized carbons (Fsp3) is 0.647. The largest absolute Gasteiger partial charge is 0.307 e. The number of nitrogens with one attached hydrogen (secondary N) is 1. The van der Waals surface area contributed by atoms with Crippen molar-refractivity contribution in [2.24, 2.45) is 5.92 Å². The van der Waals surface area contributed by atoms with Crippen molar-refractivity contribution in [1.82, 2.24) is 5.32 Å². The lowest BCUT2D eigenvalue weighted by Crippen LogP contribution is -2.34. The molecule has 0 saturated heterocycles. The average Bonchev–Trinajstić information content (AvgIpc) is 2.64. The molecule has 1 N–H and O–H groups in total. The van der Waals surface area contributed by atoms with E-state index in [9.17, 15) is 0 Å². The number of rotatable bonds is 2. The van der Waals surface area contributed by atoms with E-state index in [4.69, 9.17) is 11.6 Å². The highest BCUT2D eigenvalue weighted by Gasteiger charge is 2.24. The second-order valence-electron chi connectivity index (χ2n) is 6.35. The summed E-state index contributed by atoms with van der Waals surface area (Å²) in [5.41, 5.74) is 1.42. The van der Waals surface area contributed by atoms with Crippen LogP contribution in [0.2, 0.25) is 5.02 Å². The zero-order valence-electron chi connectivity index (χ0n) is 12.2. The molecule has 2 aliphatic rings. The van der Waals surface area contributed by atoms with Crippen LogP contribution in [0.15, 0.2) is 23.1 Å². The molecule has 0 spiro atoms. The van der Waals surface area contributed by atoms with Gasteiger partial charge < -0.3 is 5.32 Å². The standard InChI is InChI=1S/C17H24ClNS/c1-12-3-2-4-14(7-5-12)19-16-9-10-20-17-8-6-13(18)11-15(16)17/h6,8,11-12,14,16,19H,2-5,7,9-10H2,1H3. The Morgan fingerprint density at radius 1 is 1.15 bits per heavy atom. The summed E-state index contributed by atoms with van der Waals surface area (Å²) in [4.78, 5) is 1.42. The maximum atomic E-state index is 6.19. The summed E-state index contributed by atoms with van der Waals surface area (Å²) < 4.78 is 0. The van der Waals surface area contributed by atoms with Crippen molar-refractivity contribution in [2.75, 3.05) is 5.75 Å². The molecule has 110 valence electrons. The minimum atomic E-state index is 0.503. The summed E-state index contributed by atoms with van der Waals surface area (Å²) in [5.74, 6) is 2.13. The predicted molar refractivity (Wildman–Crippen MR) is 88.7 cm³/mol. The minimum Gasteiger partial charge on any atom is -0.307 e. The zero-order chi connectivity index (χ0) is 13.9. The van der Waals surface area contributed by atoms with Gasteiger partial charge in [0.05, 0.1) is 0 Å². The van der Waals surface area contributed by atoms with Crippen LogP contribution in [0.5, 0.6) is 0 Å². The van der Waals surface area contributed by atoms with Crippen LogP contribution in [0.1, 0.15) is 57.1 Å². The van der Waals surface area contributed by atoms with Gasteiger partial charge in [0.1, 0.15) is 0 Å². The Bertz CT molecular complexity index is 462. The van der Waals surface area contributed by atoms with Crippen molar-refractivity contribution in [3.05, 3.63) is 28.8 Å². The van der Waals surface area contributed by atoms with E-state index in [0.717, 1.165) is 10.9 Å². The molecule has 1 aromatic carbocycles. The Labute approximate surface area is 131 Å². The zero-order valence-corrected chi connectivity index (χ0v) is 13.8. The fourth-order valence-electron chi connectivity index (χ4n) is 3.48. The van der Waals surface area contributed by atoms with Crippen molar-refractivity contribution < 1.29 is 0 Å². The molecule has 0 bridgehead atoms. The Kier molecular flexibility index (Phi) is 4.95. The molecule has 0 radical (unpaired) electrons. The van der Waals surface area contributed by atoms with Crippen LogP contribution < -0.4 is 5.32 Å². The van der Waals surface area contributed by atoms with Crippen molar-refractivity contribution in [1.29, 1.82) is 0 Å². The summed E-state index contributed by atoms with van der Waals surface area (Å²) >= 11 is 8.16. The molecular formula is C17H24ClNS. The van der Waals surface area contributed by atoms with E-state index in [1.807, 2.05) is 17.8 Å². The molecule has 3 heteroatoms. The number of thioether (sulfide) groups is 1. The lowest BCUT2D eigenvalue weighted by atomic mass is 10.00. The van der Waals surface area contributed by atoms with Gasteiger partial charge in [-0.05, 0) is 61.1 Å². The van der Waals surface area contributed by atoms with Gasteiger partial charge >= 0.3 is 0 Å². The van der Waals surface area contributed by atoms with E-state index >= 15 is 0 Å². The molecule has 1 nitrogen and oxygen atoms in total. The van der Waals surface area contributed by atoms with Crippen molar-refractivity contribution in [3.63, 3.8) is 0 Å². The van der Waals surface area contributed by atoms with Gasteiger partial charge in [0.15, 0.2) is 0 Å². The minimum absolute atomic E-state index is 0.503. The Balaban J connectivity index is 1.71. The topological polar surface area (TPSA) is 12.0 Å². The maximum Gasteiger partial charge on any atom is 0.0410 e. The molecule has 1 fully saturated rings. The molecule has 3 unspecified atom stereocenters. The molecule has 1 saturated carbocycles. The smallest absolute Gasteiger partial charge is 0.0410 e. The molecular weight excluding hydrogens is 286 g/mol. The highest BCUT2D eigenvalue weighted by atomic mass is 35.5. The van der Waals surface area contributed by atoms with Crippen LogP contribution in [-0.2, 0) is 0 Å². The summed E-state index contributed by atoms with van der Waals surface area (Å²) in [7, 11) is 0. The monoisotopic (exact) mass is 309 g/mol. The van der Waals surface area contributed by atoms with Crippen molar-refractivity contribution in [2.45, 2.75) is 62.4 Å². The molecule has 1 heterocycles. The summed E-state index contributed by atoms with van der Waals surface area (Å²) in [6.07, 6.45) is 8.06. The molecule has 1 aromatic rings. The number of benzene rings is 1. The number of hydrogen-bond acceptors (Lipinski definition) is 2. The molecule has 3 rings (SSSR count). The Morgan fingerprint density at radius 3 is 2.95 bits per heavy atom. The molecule has 20 heavy (non-hydrogen) atoms. The van der Waals surface area contributed by atoms with Crippen molar-refractivity contribution >= 4 is 23.4 Å². The molecule has 1 aliphatic heterocycles. The van der Waals surface area contributed by atoms with Gasteiger partial charge in [0.2, 0.25) is 0 Å². The van der Waals surface area contributed by atoms with Crippen LogP contribution in [0, 0.1) is 5.92 Å². The van der Waals surface area contributed by atoms with Gasteiger partial charge in [-0.2, -0.15) is 0 Å². The second kappa shape index (κ2) is 6.72. The van der Waals surface area contributed by atoms with Crippen LogP contribution in [0.3, 0.4) is 0 Å². The van der Waals surface area contributed by atoms with Gasteiger partial charge in [0, 0.05) is 22.0 Å². The summed E-state index contributed by atoms with van der Waals surface area (Å²) in [6, 6.07) is 7.57. The SMILES string of the molecule is CC1CCCC(NC2CCSc3ccc(Cl)cc32)CC1. The molecule has 1 aliphatic carbocycles. The third-order valence-corrected chi connectivity index (χ3v) is 6.06. The first kappa shape index (κ1) is 14.7. The van der Waals surface area contributed by atoms with Crippen molar-refractivity contribution in [3.8, 4) is 0 Å².